The average Bonchev–Trinajstić information content (AvgIpc) is 2.83. The highest BCUT2D eigenvalue weighted by molar-refractivity contribution is 6.74. The van der Waals surface area contributed by atoms with Gasteiger partial charge >= 0.3 is 0 Å². The summed E-state index contributed by atoms with van der Waals surface area (Å²) in [4.78, 5) is 12.3. The molecule has 5 atom stereocenters. The first-order valence-corrected chi connectivity index (χ1v) is 17.8. The zero-order chi connectivity index (χ0) is 25.1. The van der Waals surface area contributed by atoms with Gasteiger partial charge in [-0.3, -0.25) is 4.79 Å². The Morgan fingerprint density at radius 1 is 0.879 bits per heavy atom. The predicted molar refractivity (Wildman–Crippen MR) is 135 cm³/mol. The van der Waals surface area contributed by atoms with E-state index in [2.05, 4.69) is 46.9 Å². The van der Waals surface area contributed by atoms with Crippen LogP contribution in [0.15, 0.2) is 0 Å². The largest absolute Gasteiger partial charge is 0.409 e. The van der Waals surface area contributed by atoms with E-state index in [1.165, 1.54) is 6.92 Å². The van der Waals surface area contributed by atoms with Crippen LogP contribution in [0.25, 0.3) is 0 Å². The number of amides is 1. The first kappa shape index (κ1) is 30.7. The highest BCUT2D eigenvalue weighted by Crippen LogP contribution is 2.35. The molecule has 10 heteroatoms. The maximum atomic E-state index is 12.3. The van der Waals surface area contributed by atoms with Crippen LogP contribution >= 0.6 is 0 Å². The fraction of sp³-hybridized carbons (Fsp3) is 0.957. The summed E-state index contributed by atoms with van der Waals surface area (Å²) in [6.07, 6.45) is -1.90. The number of carbonyl (C=O) groups is 1. The number of rotatable bonds is 16. The number of aliphatic hydroxyl groups is 1. The minimum atomic E-state index is -2.07. The molecule has 1 aliphatic rings. The van der Waals surface area contributed by atoms with Crippen molar-refractivity contribution in [1.82, 2.24) is 5.32 Å². The molecule has 2 N–H and O–H groups in total. The molecule has 0 aromatic rings. The van der Waals surface area contributed by atoms with E-state index in [4.69, 9.17) is 23.1 Å². The molecule has 0 aromatic carbocycles. The lowest BCUT2D eigenvalue weighted by atomic mass is 9.93. The third-order valence-electron chi connectivity index (χ3n) is 7.47. The van der Waals surface area contributed by atoms with Gasteiger partial charge in [0.25, 0.3) is 0 Å². The van der Waals surface area contributed by atoms with Gasteiger partial charge in [-0.05, 0) is 36.3 Å². The molecule has 0 saturated carbocycles. The minimum Gasteiger partial charge on any atom is -0.409 e. The van der Waals surface area contributed by atoms with E-state index in [0.717, 1.165) is 36.3 Å². The van der Waals surface area contributed by atoms with Gasteiger partial charge in [-0.2, -0.15) is 0 Å². The van der Waals surface area contributed by atoms with Crippen molar-refractivity contribution in [2.75, 3.05) is 27.1 Å². The second kappa shape index (κ2) is 14.9. The zero-order valence-corrected chi connectivity index (χ0v) is 24.1. The molecule has 8 nitrogen and oxygen atoms in total. The van der Waals surface area contributed by atoms with E-state index >= 15 is 0 Å². The maximum absolute atomic E-state index is 12.3. The van der Waals surface area contributed by atoms with E-state index in [1.807, 2.05) is 0 Å². The normalized spacial score (nSPS) is 26.4. The molecule has 0 spiro atoms. The molecule has 33 heavy (non-hydrogen) atoms. The number of methoxy groups -OCH3 is 1. The van der Waals surface area contributed by atoms with Crippen molar-refractivity contribution >= 4 is 22.5 Å². The first-order valence-electron chi connectivity index (χ1n) is 12.7. The lowest BCUT2D eigenvalue weighted by Crippen LogP contribution is -2.69. The highest BCUT2D eigenvalue weighted by Gasteiger charge is 2.52. The number of hydrogen-bond acceptors (Lipinski definition) is 7. The first-order chi connectivity index (χ1) is 15.7. The third-order valence-corrected chi connectivity index (χ3v) is 16.7. The quantitative estimate of drug-likeness (QED) is 0.187. The summed E-state index contributed by atoms with van der Waals surface area (Å²) < 4.78 is 31.0. The summed E-state index contributed by atoms with van der Waals surface area (Å²) in [5.74, 6) is -0.156. The van der Waals surface area contributed by atoms with Crippen molar-refractivity contribution in [1.29, 1.82) is 0 Å². The van der Waals surface area contributed by atoms with Crippen molar-refractivity contribution in [3.8, 4) is 0 Å². The molecule has 0 radical (unpaired) electrons. The van der Waals surface area contributed by atoms with Gasteiger partial charge in [0, 0.05) is 14.0 Å². The molecule has 196 valence electrons. The van der Waals surface area contributed by atoms with Crippen LogP contribution in [0, 0.1) is 0 Å². The number of nitrogens with one attached hydrogen (secondary N) is 1. The van der Waals surface area contributed by atoms with Crippen LogP contribution in [0.1, 0.15) is 48.5 Å². The fourth-order valence-corrected chi connectivity index (χ4v) is 10.5. The molecule has 1 saturated heterocycles. The van der Waals surface area contributed by atoms with Gasteiger partial charge in [-0.25, -0.2) is 0 Å². The van der Waals surface area contributed by atoms with Gasteiger partial charge in [-0.1, -0.05) is 41.5 Å². The van der Waals surface area contributed by atoms with Crippen molar-refractivity contribution < 1.29 is 33.0 Å². The van der Waals surface area contributed by atoms with E-state index < -0.39 is 47.1 Å². The Bertz CT molecular complexity index is 544. The van der Waals surface area contributed by atoms with E-state index in [1.54, 1.807) is 7.11 Å². The Labute approximate surface area is 203 Å². The summed E-state index contributed by atoms with van der Waals surface area (Å²) in [5.41, 5.74) is 0. The summed E-state index contributed by atoms with van der Waals surface area (Å²) in [6, 6.07) is 5.41. The van der Waals surface area contributed by atoms with Crippen LogP contribution in [0.4, 0.5) is 0 Å². The van der Waals surface area contributed by atoms with E-state index in [9.17, 15) is 9.90 Å². The van der Waals surface area contributed by atoms with Gasteiger partial charge in [0.05, 0.1) is 25.4 Å². The number of carbonyl (C=O) groups excluding carboxylic acids is 1. The lowest BCUT2D eigenvalue weighted by Gasteiger charge is -2.51. The molecule has 1 unspecified atom stereocenters. The number of hydrogen-bond donors (Lipinski definition) is 2. The van der Waals surface area contributed by atoms with Crippen molar-refractivity contribution in [2.45, 2.75) is 115 Å². The zero-order valence-electron chi connectivity index (χ0n) is 22.1. The van der Waals surface area contributed by atoms with Gasteiger partial charge in [0.2, 0.25) is 5.91 Å². The average molecular weight is 508 g/mol. The van der Waals surface area contributed by atoms with Crippen LogP contribution in [-0.4, -0.2) is 85.2 Å². The fourth-order valence-electron chi connectivity index (χ4n) is 4.82. The van der Waals surface area contributed by atoms with Crippen LogP contribution < -0.4 is 5.32 Å². The molecule has 1 rings (SSSR count). The lowest BCUT2D eigenvalue weighted by molar-refractivity contribution is -0.204. The van der Waals surface area contributed by atoms with Crippen molar-refractivity contribution in [3.63, 3.8) is 0 Å². The van der Waals surface area contributed by atoms with Gasteiger partial charge in [0.15, 0.2) is 16.6 Å². The summed E-state index contributed by atoms with van der Waals surface area (Å²) in [5, 5.41) is 13.4. The second-order valence-electron chi connectivity index (χ2n) is 9.05. The van der Waals surface area contributed by atoms with E-state index in [0.29, 0.717) is 0 Å². The topological polar surface area (TPSA) is 95.5 Å². The Kier molecular flexibility index (Phi) is 13.9. The molecule has 0 aromatic heterocycles. The van der Waals surface area contributed by atoms with Crippen LogP contribution in [0.5, 0.6) is 0 Å². The van der Waals surface area contributed by atoms with Gasteiger partial charge in [0.1, 0.15) is 25.1 Å². The molecule has 1 fully saturated rings. The van der Waals surface area contributed by atoms with Crippen LogP contribution in [0.3, 0.4) is 0 Å². The molecule has 1 amide bonds. The molecule has 1 aliphatic heterocycles. The third kappa shape index (κ3) is 8.10. The van der Waals surface area contributed by atoms with Crippen LogP contribution in [-0.2, 0) is 27.9 Å². The Morgan fingerprint density at radius 3 is 1.76 bits per heavy atom. The summed E-state index contributed by atoms with van der Waals surface area (Å²) in [6.45, 7) is 14.8. The molecular formula is C23H49NO7Si2. The maximum Gasteiger partial charge on any atom is 0.217 e. The number of ether oxygens (including phenoxy) is 3. The molecule has 1 heterocycles. The predicted octanol–water partition coefficient (Wildman–Crippen LogP) is 3.65. The van der Waals surface area contributed by atoms with Gasteiger partial charge < -0.3 is 33.5 Å². The second-order valence-corrected chi connectivity index (χ2v) is 18.5. The SMILES string of the molecule is CC[Si](CC)(CC)O[C@@H]1[C@@H](NC(C)=O)[C@H](COCOC)OC(CO)[C@H]1O[Si](CC)(CC)CC. The molecular weight excluding hydrogens is 458 g/mol. The highest BCUT2D eigenvalue weighted by atomic mass is 28.4. The molecule has 0 bridgehead atoms. The van der Waals surface area contributed by atoms with Crippen molar-refractivity contribution in [2.24, 2.45) is 0 Å². The Hall–Kier alpha value is -0.336. The standard InChI is InChI=1S/C23H49NO7Si2/c1-9-32(10-2,11-3)30-22-19(15-25)29-20(16-28-17-27-8)21(24-18(7)26)23(22)31-33(12-4,13-5)14-6/h19-23,25H,9-17H2,1-8H3,(H,24,26)/t19?,20-,21-,22+,23+/m0/s1. The minimum absolute atomic E-state index is 0.122. The Balaban J connectivity index is 3.50. The summed E-state index contributed by atoms with van der Waals surface area (Å²) in [7, 11) is -2.56. The smallest absolute Gasteiger partial charge is 0.217 e. The van der Waals surface area contributed by atoms with Crippen molar-refractivity contribution in [3.05, 3.63) is 0 Å². The number of aliphatic hydroxyl groups excluding tert-OH is 1. The van der Waals surface area contributed by atoms with Crippen LogP contribution in [0.2, 0.25) is 36.3 Å². The van der Waals surface area contributed by atoms with Gasteiger partial charge in [-0.15, -0.1) is 0 Å². The molecule has 0 aliphatic carbocycles. The monoisotopic (exact) mass is 507 g/mol. The van der Waals surface area contributed by atoms with E-state index in [-0.39, 0.29) is 25.9 Å². The Morgan fingerprint density at radius 2 is 1.36 bits per heavy atom. The summed E-state index contributed by atoms with van der Waals surface area (Å²) >= 11 is 0.